The van der Waals surface area contributed by atoms with Crippen molar-refractivity contribution >= 4 is 5.91 Å². The van der Waals surface area contributed by atoms with Crippen molar-refractivity contribution in [1.82, 2.24) is 10.2 Å². The van der Waals surface area contributed by atoms with Gasteiger partial charge in [0.2, 0.25) is 12.7 Å². The standard InChI is InChI=1S/C22H26N2O4/c25-22(9-7-17-6-8-20-21(12-17)28-16-27-20)23-13-19-15-24(10-11-26-19)14-18-4-2-1-3-5-18/h1-6,8,12,19H,7,9-11,13-16H2,(H,23,25). The van der Waals surface area contributed by atoms with E-state index >= 15 is 0 Å². The number of nitrogens with one attached hydrogen (secondary N) is 1. The minimum atomic E-state index is 0.0342. The number of aryl methyl sites for hydroxylation is 1. The molecule has 0 saturated carbocycles. The molecule has 2 heterocycles. The van der Waals surface area contributed by atoms with Crippen LogP contribution in [0.2, 0.25) is 0 Å². The third kappa shape index (κ3) is 5.03. The van der Waals surface area contributed by atoms with Gasteiger partial charge in [-0.15, -0.1) is 0 Å². The van der Waals surface area contributed by atoms with Crippen molar-refractivity contribution in [3.05, 3.63) is 59.7 Å². The summed E-state index contributed by atoms with van der Waals surface area (Å²) >= 11 is 0. The number of rotatable bonds is 7. The van der Waals surface area contributed by atoms with Crippen LogP contribution in [0.5, 0.6) is 11.5 Å². The Morgan fingerprint density at radius 3 is 2.82 bits per heavy atom. The second-order valence-electron chi connectivity index (χ2n) is 7.21. The summed E-state index contributed by atoms with van der Waals surface area (Å²) in [4.78, 5) is 14.6. The molecule has 1 N–H and O–H groups in total. The third-order valence-electron chi connectivity index (χ3n) is 5.08. The SMILES string of the molecule is O=C(CCc1ccc2c(c1)OCO2)NCC1CN(Cc2ccccc2)CCO1. The Bertz CT molecular complexity index is 796. The molecular formula is C22H26N2O4. The monoisotopic (exact) mass is 382 g/mol. The minimum Gasteiger partial charge on any atom is -0.454 e. The number of nitrogens with zero attached hydrogens (tertiary/aromatic N) is 1. The number of hydrogen-bond donors (Lipinski definition) is 1. The highest BCUT2D eigenvalue weighted by atomic mass is 16.7. The lowest BCUT2D eigenvalue weighted by atomic mass is 10.1. The third-order valence-corrected chi connectivity index (χ3v) is 5.08. The van der Waals surface area contributed by atoms with Crippen molar-refractivity contribution in [1.29, 1.82) is 0 Å². The summed E-state index contributed by atoms with van der Waals surface area (Å²) in [5.41, 5.74) is 2.37. The lowest BCUT2D eigenvalue weighted by Gasteiger charge is -2.33. The van der Waals surface area contributed by atoms with Crippen LogP contribution < -0.4 is 14.8 Å². The summed E-state index contributed by atoms with van der Waals surface area (Å²) in [5.74, 6) is 1.57. The van der Waals surface area contributed by atoms with Crippen molar-refractivity contribution in [2.75, 3.05) is 33.0 Å². The molecule has 148 valence electrons. The van der Waals surface area contributed by atoms with Crippen LogP contribution in [0.15, 0.2) is 48.5 Å². The van der Waals surface area contributed by atoms with Crippen molar-refractivity contribution in [2.45, 2.75) is 25.5 Å². The summed E-state index contributed by atoms with van der Waals surface area (Å²) in [6, 6.07) is 16.3. The van der Waals surface area contributed by atoms with Gasteiger partial charge in [-0.3, -0.25) is 9.69 Å². The molecule has 6 heteroatoms. The van der Waals surface area contributed by atoms with Crippen LogP contribution in [-0.4, -0.2) is 49.9 Å². The molecule has 28 heavy (non-hydrogen) atoms. The van der Waals surface area contributed by atoms with Gasteiger partial charge in [0, 0.05) is 32.6 Å². The quantitative estimate of drug-likeness (QED) is 0.797. The largest absolute Gasteiger partial charge is 0.454 e. The number of carbonyl (C=O) groups excluding carboxylic acids is 1. The Kier molecular flexibility index (Phi) is 6.09. The highest BCUT2D eigenvalue weighted by Gasteiger charge is 2.21. The lowest BCUT2D eigenvalue weighted by molar-refractivity contribution is -0.122. The molecule has 1 saturated heterocycles. The highest BCUT2D eigenvalue weighted by molar-refractivity contribution is 5.76. The molecule has 0 spiro atoms. The van der Waals surface area contributed by atoms with Crippen molar-refractivity contribution in [2.24, 2.45) is 0 Å². The summed E-state index contributed by atoms with van der Waals surface area (Å²) in [5, 5.41) is 3.01. The zero-order chi connectivity index (χ0) is 19.2. The summed E-state index contributed by atoms with van der Waals surface area (Å²) in [7, 11) is 0. The summed E-state index contributed by atoms with van der Waals surface area (Å²) in [6.07, 6.45) is 1.15. The van der Waals surface area contributed by atoms with E-state index in [1.165, 1.54) is 5.56 Å². The van der Waals surface area contributed by atoms with Crippen molar-refractivity contribution in [3.63, 3.8) is 0 Å². The molecule has 2 aromatic carbocycles. The van der Waals surface area contributed by atoms with Crippen LogP contribution >= 0.6 is 0 Å². The molecule has 1 unspecified atom stereocenters. The topological polar surface area (TPSA) is 60.0 Å². The Morgan fingerprint density at radius 1 is 1.07 bits per heavy atom. The van der Waals surface area contributed by atoms with Gasteiger partial charge >= 0.3 is 0 Å². The van der Waals surface area contributed by atoms with E-state index in [0.717, 1.165) is 36.7 Å². The lowest BCUT2D eigenvalue weighted by Crippen LogP contribution is -2.47. The van der Waals surface area contributed by atoms with Crippen LogP contribution in [0.1, 0.15) is 17.5 Å². The van der Waals surface area contributed by atoms with Crippen LogP contribution in [0, 0.1) is 0 Å². The molecule has 2 aliphatic rings. The van der Waals surface area contributed by atoms with E-state index < -0.39 is 0 Å². The predicted molar refractivity (Wildman–Crippen MR) is 105 cm³/mol. The van der Waals surface area contributed by atoms with Crippen molar-refractivity contribution < 1.29 is 19.0 Å². The normalized spacial score (nSPS) is 18.8. The molecule has 0 aromatic heterocycles. The van der Waals surface area contributed by atoms with Crippen LogP contribution in [-0.2, 0) is 22.5 Å². The van der Waals surface area contributed by atoms with Gasteiger partial charge in [0.05, 0.1) is 12.7 Å². The average molecular weight is 382 g/mol. The van der Waals surface area contributed by atoms with E-state index in [-0.39, 0.29) is 18.8 Å². The first-order valence-corrected chi connectivity index (χ1v) is 9.79. The zero-order valence-electron chi connectivity index (χ0n) is 15.9. The summed E-state index contributed by atoms with van der Waals surface area (Å²) in [6.45, 7) is 4.18. The maximum absolute atomic E-state index is 12.2. The molecule has 2 aliphatic heterocycles. The Morgan fingerprint density at radius 2 is 1.93 bits per heavy atom. The van der Waals surface area contributed by atoms with Gasteiger partial charge in [0.1, 0.15) is 0 Å². The molecular weight excluding hydrogens is 356 g/mol. The Labute approximate surface area is 165 Å². The highest BCUT2D eigenvalue weighted by Crippen LogP contribution is 2.32. The van der Waals surface area contributed by atoms with E-state index in [1.54, 1.807) is 0 Å². The van der Waals surface area contributed by atoms with Gasteiger partial charge in [0.25, 0.3) is 0 Å². The first-order chi connectivity index (χ1) is 13.8. The molecule has 6 nitrogen and oxygen atoms in total. The molecule has 1 fully saturated rings. The molecule has 0 radical (unpaired) electrons. The maximum Gasteiger partial charge on any atom is 0.231 e. The van der Waals surface area contributed by atoms with E-state index in [4.69, 9.17) is 14.2 Å². The fourth-order valence-corrected chi connectivity index (χ4v) is 3.56. The van der Waals surface area contributed by atoms with Gasteiger partial charge in [-0.2, -0.15) is 0 Å². The fraction of sp³-hybridized carbons (Fsp3) is 0.409. The Hall–Kier alpha value is -2.57. The van der Waals surface area contributed by atoms with Crippen LogP contribution in [0.3, 0.4) is 0 Å². The number of amides is 1. The van der Waals surface area contributed by atoms with Gasteiger partial charge in [-0.1, -0.05) is 36.4 Å². The van der Waals surface area contributed by atoms with Crippen molar-refractivity contribution in [3.8, 4) is 11.5 Å². The van der Waals surface area contributed by atoms with Crippen LogP contribution in [0.4, 0.5) is 0 Å². The molecule has 2 aromatic rings. The molecule has 0 aliphatic carbocycles. The van der Waals surface area contributed by atoms with E-state index in [1.807, 2.05) is 24.3 Å². The van der Waals surface area contributed by atoms with Crippen LogP contribution in [0.25, 0.3) is 0 Å². The van der Waals surface area contributed by atoms with Gasteiger partial charge < -0.3 is 19.5 Å². The zero-order valence-corrected chi connectivity index (χ0v) is 15.9. The number of morpholine rings is 1. The number of fused-ring (bicyclic) bond motifs is 1. The number of ether oxygens (including phenoxy) is 3. The second-order valence-corrected chi connectivity index (χ2v) is 7.21. The smallest absolute Gasteiger partial charge is 0.231 e. The van der Waals surface area contributed by atoms with E-state index in [9.17, 15) is 4.79 Å². The molecule has 0 bridgehead atoms. The molecule has 4 rings (SSSR count). The van der Waals surface area contributed by atoms with E-state index in [0.29, 0.717) is 26.0 Å². The Balaban J connectivity index is 1.19. The number of benzene rings is 2. The van der Waals surface area contributed by atoms with Gasteiger partial charge in [-0.25, -0.2) is 0 Å². The number of carbonyl (C=O) groups is 1. The fourth-order valence-electron chi connectivity index (χ4n) is 3.56. The molecule has 1 atom stereocenters. The molecule has 1 amide bonds. The second kappa shape index (κ2) is 9.08. The minimum absolute atomic E-state index is 0.0342. The summed E-state index contributed by atoms with van der Waals surface area (Å²) < 4.78 is 16.5. The first kappa shape index (κ1) is 18.8. The van der Waals surface area contributed by atoms with Gasteiger partial charge in [-0.05, 0) is 29.7 Å². The predicted octanol–water partition coefficient (Wildman–Crippen LogP) is 2.37. The maximum atomic E-state index is 12.2. The first-order valence-electron chi connectivity index (χ1n) is 9.79. The van der Waals surface area contributed by atoms with E-state index in [2.05, 4.69) is 34.5 Å². The average Bonchev–Trinajstić information content (AvgIpc) is 3.20. The number of hydrogen-bond acceptors (Lipinski definition) is 5. The van der Waals surface area contributed by atoms with Gasteiger partial charge in [0.15, 0.2) is 11.5 Å².